The molecule has 1 aromatic rings. The van der Waals surface area contributed by atoms with Crippen molar-refractivity contribution < 1.29 is 26.0 Å². The number of nitrogens with two attached hydrogens (primary N) is 1. The Morgan fingerprint density at radius 2 is 1.63 bits per heavy atom. The second-order valence-corrected chi connectivity index (χ2v) is 5.26. The van der Waals surface area contributed by atoms with E-state index in [1.807, 2.05) is 0 Å². The molecule has 0 spiro atoms. The lowest BCUT2D eigenvalue weighted by Crippen LogP contribution is -2.41. The fraction of sp³-hybridized carbons (Fsp3) is 0.333. The van der Waals surface area contributed by atoms with Crippen molar-refractivity contribution in [3.05, 3.63) is 29.8 Å². The van der Waals surface area contributed by atoms with E-state index >= 15 is 0 Å². The predicted molar refractivity (Wildman–Crippen MR) is 62.8 cm³/mol. The first-order chi connectivity index (χ1) is 8.16. The summed E-state index contributed by atoms with van der Waals surface area (Å²) in [6.07, 6.45) is 0. The summed E-state index contributed by atoms with van der Waals surface area (Å²) in [7, 11) is -4.41. The minimum atomic E-state index is -4.41. The molecule has 0 aromatic heterocycles. The highest BCUT2D eigenvalue weighted by Gasteiger charge is 2.29. The zero-order valence-corrected chi connectivity index (χ0v) is 11.0. The van der Waals surface area contributed by atoms with E-state index in [0.717, 1.165) is 0 Å². The van der Waals surface area contributed by atoms with Gasteiger partial charge in [-0.3, -0.25) is 0 Å². The third-order valence-electron chi connectivity index (χ3n) is 1.97. The van der Waals surface area contributed by atoms with Gasteiger partial charge in [0.05, 0.1) is 18.0 Å². The SMILES string of the molecule is Cl.NCC(F)(F)CNS(=O)(=O)c1cc(F)cc(F)c1. The van der Waals surface area contributed by atoms with E-state index in [2.05, 4.69) is 0 Å². The first-order valence-electron chi connectivity index (χ1n) is 4.70. The average Bonchev–Trinajstić information content (AvgIpc) is 2.25. The number of alkyl halides is 2. The van der Waals surface area contributed by atoms with Gasteiger partial charge in [0.1, 0.15) is 11.6 Å². The van der Waals surface area contributed by atoms with Crippen LogP contribution in [0.25, 0.3) is 0 Å². The van der Waals surface area contributed by atoms with Crippen LogP contribution < -0.4 is 10.5 Å². The Bertz CT molecular complexity index is 519. The second kappa shape index (κ2) is 6.51. The van der Waals surface area contributed by atoms with E-state index in [9.17, 15) is 26.0 Å². The molecule has 110 valence electrons. The van der Waals surface area contributed by atoms with Crippen molar-refractivity contribution in [2.75, 3.05) is 13.1 Å². The lowest BCUT2D eigenvalue weighted by atomic mass is 10.3. The molecule has 1 rings (SSSR count). The molecular formula is C9H11ClF4N2O2S. The minimum absolute atomic E-state index is 0. The highest BCUT2D eigenvalue weighted by molar-refractivity contribution is 7.89. The fourth-order valence-corrected chi connectivity index (χ4v) is 2.14. The zero-order chi connectivity index (χ0) is 14.0. The van der Waals surface area contributed by atoms with Gasteiger partial charge in [-0.25, -0.2) is 30.7 Å². The standard InChI is InChI=1S/C9H10F4N2O2S.ClH/c10-6-1-7(11)3-8(2-6)18(16,17)15-5-9(12,13)4-14;/h1-3,15H,4-5,14H2;1H. The molecule has 0 amide bonds. The number of nitrogens with one attached hydrogen (secondary N) is 1. The molecule has 10 heteroatoms. The van der Waals surface area contributed by atoms with E-state index in [0.29, 0.717) is 18.2 Å². The van der Waals surface area contributed by atoms with E-state index < -0.39 is 45.6 Å². The molecular weight excluding hydrogens is 312 g/mol. The monoisotopic (exact) mass is 322 g/mol. The summed E-state index contributed by atoms with van der Waals surface area (Å²) in [6.45, 7) is -2.29. The maximum absolute atomic E-state index is 12.8. The number of hydrogen-bond donors (Lipinski definition) is 2. The first-order valence-corrected chi connectivity index (χ1v) is 6.18. The smallest absolute Gasteiger partial charge is 0.273 e. The second-order valence-electron chi connectivity index (χ2n) is 3.49. The van der Waals surface area contributed by atoms with Crippen LogP contribution in [0, 0.1) is 11.6 Å². The van der Waals surface area contributed by atoms with Crippen molar-refractivity contribution in [3.63, 3.8) is 0 Å². The normalized spacial score (nSPS) is 12.1. The van der Waals surface area contributed by atoms with Crippen molar-refractivity contribution in [1.29, 1.82) is 0 Å². The highest BCUT2D eigenvalue weighted by Crippen LogP contribution is 2.15. The Hall–Kier alpha value is -0.900. The van der Waals surface area contributed by atoms with Gasteiger partial charge in [0.25, 0.3) is 5.92 Å². The number of rotatable bonds is 5. The topological polar surface area (TPSA) is 72.2 Å². The van der Waals surface area contributed by atoms with E-state index in [1.54, 1.807) is 0 Å². The van der Waals surface area contributed by atoms with Crippen molar-refractivity contribution in [1.82, 2.24) is 4.72 Å². The molecule has 0 bridgehead atoms. The Kier molecular flexibility index (Phi) is 6.20. The summed E-state index contributed by atoms with van der Waals surface area (Å²) in [5, 5.41) is 0. The van der Waals surface area contributed by atoms with E-state index in [1.165, 1.54) is 4.72 Å². The average molecular weight is 323 g/mol. The van der Waals surface area contributed by atoms with Crippen LogP contribution in [0.2, 0.25) is 0 Å². The van der Waals surface area contributed by atoms with Gasteiger partial charge in [-0.2, -0.15) is 0 Å². The van der Waals surface area contributed by atoms with Gasteiger partial charge >= 0.3 is 0 Å². The lowest BCUT2D eigenvalue weighted by molar-refractivity contribution is 0.0170. The third kappa shape index (κ3) is 5.31. The highest BCUT2D eigenvalue weighted by atomic mass is 35.5. The van der Waals surface area contributed by atoms with Gasteiger partial charge in [-0.05, 0) is 12.1 Å². The van der Waals surface area contributed by atoms with Gasteiger partial charge < -0.3 is 5.73 Å². The molecule has 0 aliphatic rings. The third-order valence-corrected chi connectivity index (χ3v) is 3.35. The molecule has 0 unspecified atom stereocenters. The molecule has 0 saturated heterocycles. The van der Waals surface area contributed by atoms with Crippen molar-refractivity contribution in [3.8, 4) is 0 Å². The van der Waals surface area contributed by atoms with E-state index in [-0.39, 0.29) is 12.4 Å². The Morgan fingerprint density at radius 1 is 1.16 bits per heavy atom. The molecule has 0 radical (unpaired) electrons. The number of halogens is 5. The van der Waals surface area contributed by atoms with Crippen LogP contribution in [0.3, 0.4) is 0 Å². The Morgan fingerprint density at radius 3 is 2.05 bits per heavy atom. The van der Waals surface area contributed by atoms with Crippen molar-refractivity contribution in [2.45, 2.75) is 10.8 Å². The van der Waals surface area contributed by atoms with Gasteiger partial charge in [0.15, 0.2) is 0 Å². The van der Waals surface area contributed by atoms with Gasteiger partial charge in [-0.15, -0.1) is 12.4 Å². The number of sulfonamides is 1. The lowest BCUT2D eigenvalue weighted by Gasteiger charge is -2.14. The van der Waals surface area contributed by atoms with Crippen LogP contribution in [-0.4, -0.2) is 27.4 Å². The van der Waals surface area contributed by atoms with Crippen LogP contribution in [0.4, 0.5) is 17.6 Å². The van der Waals surface area contributed by atoms with Gasteiger partial charge in [-0.1, -0.05) is 0 Å². The zero-order valence-electron chi connectivity index (χ0n) is 9.37. The summed E-state index contributed by atoms with van der Waals surface area (Å²) < 4.78 is 75.6. The van der Waals surface area contributed by atoms with E-state index in [4.69, 9.17) is 5.73 Å². The summed E-state index contributed by atoms with van der Waals surface area (Å²) in [6, 6.07) is 1.51. The molecule has 0 aliphatic carbocycles. The molecule has 3 N–H and O–H groups in total. The number of hydrogen-bond acceptors (Lipinski definition) is 3. The fourth-order valence-electron chi connectivity index (χ4n) is 1.04. The van der Waals surface area contributed by atoms with Crippen LogP contribution in [0.1, 0.15) is 0 Å². The summed E-state index contributed by atoms with van der Waals surface area (Å²) in [5.41, 5.74) is 4.72. The molecule has 19 heavy (non-hydrogen) atoms. The van der Waals surface area contributed by atoms with Crippen LogP contribution in [-0.2, 0) is 10.0 Å². The minimum Gasteiger partial charge on any atom is -0.325 e. The predicted octanol–water partition coefficient (Wildman–Crippen LogP) is 1.26. The summed E-state index contributed by atoms with van der Waals surface area (Å²) >= 11 is 0. The van der Waals surface area contributed by atoms with Crippen molar-refractivity contribution in [2.24, 2.45) is 5.73 Å². The quantitative estimate of drug-likeness (QED) is 0.802. The molecule has 1 aromatic carbocycles. The van der Waals surface area contributed by atoms with Crippen LogP contribution in [0.15, 0.2) is 23.1 Å². The first kappa shape index (κ1) is 18.1. The molecule has 0 heterocycles. The molecule has 0 saturated carbocycles. The van der Waals surface area contributed by atoms with Gasteiger partial charge in [0, 0.05) is 6.07 Å². The summed E-state index contributed by atoms with van der Waals surface area (Å²) in [5.74, 6) is -5.68. The molecule has 0 atom stereocenters. The summed E-state index contributed by atoms with van der Waals surface area (Å²) in [4.78, 5) is -0.771. The molecule has 0 aliphatic heterocycles. The maximum Gasteiger partial charge on any atom is 0.273 e. The van der Waals surface area contributed by atoms with Crippen LogP contribution in [0.5, 0.6) is 0 Å². The Balaban J connectivity index is 0.00000324. The van der Waals surface area contributed by atoms with Crippen LogP contribution >= 0.6 is 12.4 Å². The Labute approximate surface area is 113 Å². The molecule has 0 fully saturated rings. The maximum atomic E-state index is 12.8. The largest absolute Gasteiger partial charge is 0.325 e. The molecule has 4 nitrogen and oxygen atoms in total. The number of benzene rings is 1. The van der Waals surface area contributed by atoms with Gasteiger partial charge in [0.2, 0.25) is 10.0 Å². The van der Waals surface area contributed by atoms with Crippen molar-refractivity contribution >= 4 is 22.4 Å².